The maximum atomic E-state index is 13.0. The molecule has 1 aromatic heterocycles. The van der Waals surface area contributed by atoms with Crippen molar-refractivity contribution in [2.75, 3.05) is 0 Å². The van der Waals surface area contributed by atoms with E-state index in [1.165, 1.54) is 12.8 Å². The number of nitrogens with zero attached hydrogens (tertiary/aromatic N) is 1. The molecule has 20 heavy (non-hydrogen) atoms. The third-order valence-electron chi connectivity index (χ3n) is 4.27. The van der Waals surface area contributed by atoms with E-state index in [0.29, 0.717) is 6.04 Å². The molecule has 0 atom stereocenters. The lowest BCUT2D eigenvalue weighted by atomic mass is 9.88. The predicted molar refractivity (Wildman–Crippen MR) is 84.1 cm³/mol. The fourth-order valence-electron chi connectivity index (χ4n) is 3.18. The van der Waals surface area contributed by atoms with E-state index in [-0.39, 0.29) is 11.0 Å². The smallest absolute Gasteiger partial charge is 0.256 e. The maximum absolute atomic E-state index is 13.0. The molecule has 1 aromatic rings. The summed E-state index contributed by atoms with van der Waals surface area (Å²) >= 11 is 0. The molecule has 0 bridgehead atoms. The Labute approximate surface area is 122 Å². The number of pyridine rings is 1. The lowest BCUT2D eigenvalue weighted by Crippen LogP contribution is -2.41. The zero-order valence-corrected chi connectivity index (χ0v) is 13.5. The van der Waals surface area contributed by atoms with Gasteiger partial charge in [-0.2, -0.15) is 0 Å². The van der Waals surface area contributed by atoms with Crippen LogP contribution in [0.3, 0.4) is 0 Å². The highest BCUT2D eigenvalue weighted by molar-refractivity contribution is 5.26. The Morgan fingerprint density at radius 1 is 1.10 bits per heavy atom. The van der Waals surface area contributed by atoms with E-state index in [1.807, 2.05) is 24.5 Å². The van der Waals surface area contributed by atoms with Crippen molar-refractivity contribution in [1.82, 2.24) is 4.57 Å². The number of hydrogen-bond donors (Lipinski definition) is 1. The standard InChI is InChI=1S/C17H28N2O/c1-16(2,3)14-11-10-13(17(4,5)18)15(20)19(14)12-8-6-7-9-12/h10-12H,6-9,18H2,1-5H3. The van der Waals surface area contributed by atoms with Crippen LogP contribution in [0.25, 0.3) is 0 Å². The van der Waals surface area contributed by atoms with Crippen molar-refractivity contribution < 1.29 is 0 Å². The monoisotopic (exact) mass is 276 g/mol. The number of hydrogen-bond acceptors (Lipinski definition) is 2. The molecule has 1 aliphatic carbocycles. The van der Waals surface area contributed by atoms with Crippen LogP contribution in [-0.2, 0) is 11.0 Å². The molecule has 2 N–H and O–H groups in total. The van der Waals surface area contributed by atoms with Gasteiger partial charge in [-0.1, -0.05) is 33.6 Å². The van der Waals surface area contributed by atoms with E-state index in [9.17, 15) is 4.79 Å². The van der Waals surface area contributed by atoms with Crippen LogP contribution >= 0.6 is 0 Å². The molecule has 0 aliphatic heterocycles. The topological polar surface area (TPSA) is 48.0 Å². The van der Waals surface area contributed by atoms with Crippen LogP contribution in [0.15, 0.2) is 16.9 Å². The molecular formula is C17H28N2O. The predicted octanol–water partition coefficient (Wildman–Crippen LogP) is 3.45. The van der Waals surface area contributed by atoms with E-state index in [1.54, 1.807) is 0 Å². The van der Waals surface area contributed by atoms with Crippen molar-refractivity contribution in [1.29, 1.82) is 0 Å². The van der Waals surface area contributed by atoms with Crippen LogP contribution in [-0.4, -0.2) is 4.57 Å². The summed E-state index contributed by atoms with van der Waals surface area (Å²) in [7, 11) is 0. The van der Waals surface area contributed by atoms with Crippen molar-refractivity contribution in [3.05, 3.63) is 33.7 Å². The molecule has 0 spiro atoms. The lowest BCUT2D eigenvalue weighted by Gasteiger charge is -2.30. The van der Waals surface area contributed by atoms with Gasteiger partial charge in [-0.25, -0.2) is 0 Å². The third kappa shape index (κ3) is 2.83. The molecule has 112 valence electrons. The van der Waals surface area contributed by atoms with E-state index in [2.05, 4.69) is 26.8 Å². The Balaban J connectivity index is 2.67. The van der Waals surface area contributed by atoms with Gasteiger partial charge in [0.1, 0.15) is 0 Å². The van der Waals surface area contributed by atoms with Gasteiger partial charge in [0.15, 0.2) is 0 Å². The molecule has 1 saturated carbocycles. The van der Waals surface area contributed by atoms with E-state index in [0.717, 1.165) is 24.1 Å². The van der Waals surface area contributed by atoms with Crippen molar-refractivity contribution in [3.63, 3.8) is 0 Å². The van der Waals surface area contributed by atoms with Gasteiger partial charge in [-0.3, -0.25) is 4.79 Å². The van der Waals surface area contributed by atoms with Crippen molar-refractivity contribution >= 4 is 0 Å². The molecule has 3 heteroatoms. The van der Waals surface area contributed by atoms with Crippen LogP contribution < -0.4 is 11.3 Å². The molecule has 0 aromatic carbocycles. The third-order valence-corrected chi connectivity index (χ3v) is 4.27. The zero-order chi connectivity index (χ0) is 15.1. The number of rotatable bonds is 2. The Morgan fingerprint density at radius 2 is 1.65 bits per heavy atom. The van der Waals surface area contributed by atoms with Crippen molar-refractivity contribution in [2.24, 2.45) is 5.73 Å². The number of aromatic nitrogens is 1. The number of nitrogens with two attached hydrogens (primary N) is 1. The first-order valence-electron chi connectivity index (χ1n) is 7.68. The van der Waals surface area contributed by atoms with Gasteiger partial charge in [-0.05, 0) is 38.8 Å². The lowest BCUT2D eigenvalue weighted by molar-refractivity contribution is 0.420. The largest absolute Gasteiger partial charge is 0.322 e. The first-order chi connectivity index (χ1) is 9.12. The minimum atomic E-state index is -0.589. The Kier molecular flexibility index (Phi) is 3.85. The molecule has 0 saturated heterocycles. The summed E-state index contributed by atoms with van der Waals surface area (Å²) in [4.78, 5) is 13.0. The van der Waals surface area contributed by atoms with Gasteiger partial charge in [0.25, 0.3) is 5.56 Å². The summed E-state index contributed by atoms with van der Waals surface area (Å²) in [6.07, 6.45) is 4.66. The van der Waals surface area contributed by atoms with Crippen LogP contribution in [0.2, 0.25) is 0 Å². The summed E-state index contributed by atoms with van der Waals surface area (Å²) in [5.41, 5.74) is 7.51. The van der Waals surface area contributed by atoms with Crippen LogP contribution in [0, 0.1) is 0 Å². The summed E-state index contributed by atoms with van der Waals surface area (Å²) < 4.78 is 2.04. The summed E-state index contributed by atoms with van der Waals surface area (Å²) in [5, 5.41) is 0. The molecule has 2 rings (SSSR count). The highest BCUT2D eigenvalue weighted by Crippen LogP contribution is 2.33. The molecule has 1 fully saturated rings. The molecule has 3 nitrogen and oxygen atoms in total. The average Bonchev–Trinajstić information content (AvgIpc) is 2.78. The van der Waals surface area contributed by atoms with Crippen LogP contribution in [0.1, 0.15) is 77.6 Å². The maximum Gasteiger partial charge on any atom is 0.256 e. The van der Waals surface area contributed by atoms with Crippen molar-refractivity contribution in [2.45, 2.75) is 77.3 Å². The molecular weight excluding hydrogens is 248 g/mol. The normalized spacial score (nSPS) is 17.7. The Morgan fingerprint density at radius 3 is 2.10 bits per heavy atom. The molecule has 0 amide bonds. The highest BCUT2D eigenvalue weighted by Gasteiger charge is 2.29. The summed E-state index contributed by atoms with van der Waals surface area (Å²) in [6, 6.07) is 4.37. The van der Waals surface area contributed by atoms with Gasteiger partial charge >= 0.3 is 0 Å². The van der Waals surface area contributed by atoms with Gasteiger partial charge in [0.2, 0.25) is 0 Å². The Hall–Kier alpha value is -1.09. The first kappa shape index (κ1) is 15.3. The fraction of sp³-hybridized carbons (Fsp3) is 0.706. The second-order valence-electron chi connectivity index (χ2n) is 7.72. The SMILES string of the molecule is CC(C)(C)c1ccc(C(C)(C)N)c(=O)n1C1CCCC1. The molecule has 0 unspecified atom stereocenters. The molecule has 1 aliphatic rings. The zero-order valence-electron chi connectivity index (χ0n) is 13.5. The second kappa shape index (κ2) is 5.03. The van der Waals surface area contributed by atoms with Crippen LogP contribution in [0.5, 0.6) is 0 Å². The summed E-state index contributed by atoms with van der Waals surface area (Å²) in [6.45, 7) is 10.3. The van der Waals surface area contributed by atoms with Crippen LogP contribution in [0.4, 0.5) is 0 Å². The molecule has 0 radical (unpaired) electrons. The van der Waals surface area contributed by atoms with Gasteiger partial charge in [0, 0.05) is 28.3 Å². The minimum Gasteiger partial charge on any atom is -0.322 e. The first-order valence-corrected chi connectivity index (χ1v) is 7.68. The average molecular weight is 276 g/mol. The quantitative estimate of drug-likeness (QED) is 0.899. The highest BCUT2D eigenvalue weighted by atomic mass is 16.1. The van der Waals surface area contributed by atoms with E-state index >= 15 is 0 Å². The van der Waals surface area contributed by atoms with E-state index in [4.69, 9.17) is 5.73 Å². The fourth-order valence-corrected chi connectivity index (χ4v) is 3.18. The van der Waals surface area contributed by atoms with Crippen molar-refractivity contribution in [3.8, 4) is 0 Å². The summed E-state index contributed by atoms with van der Waals surface area (Å²) in [5.74, 6) is 0. The minimum absolute atomic E-state index is 0.0287. The van der Waals surface area contributed by atoms with Gasteiger partial charge in [0.05, 0.1) is 0 Å². The van der Waals surface area contributed by atoms with E-state index < -0.39 is 5.54 Å². The van der Waals surface area contributed by atoms with Gasteiger partial charge < -0.3 is 10.3 Å². The molecule has 1 heterocycles. The second-order valence-corrected chi connectivity index (χ2v) is 7.72. The van der Waals surface area contributed by atoms with Gasteiger partial charge in [-0.15, -0.1) is 0 Å². The Bertz CT molecular complexity index is 538.